The molecule has 7 heteroatoms. The third kappa shape index (κ3) is 3.49. The third-order valence-electron chi connectivity index (χ3n) is 5.68. The summed E-state index contributed by atoms with van der Waals surface area (Å²) >= 11 is 0. The zero-order valence-electron chi connectivity index (χ0n) is 18.3. The van der Waals surface area contributed by atoms with Crippen molar-refractivity contribution in [2.75, 3.05) is 11.1 Å². The van der Waals surface area contributed by atoms with Crippen LogP contribution in [0.3, 0.4) is 0 Å². The number of fused-ring (bicyclic) bond motifs is 2. The van der Waals surface area contributed by atoms with Crippen LogP contribution in [-0.4, -0.2) is 25.4 Å². The smallest absolute Gasteiger partial charge is 0.250 e. The van der Waals surface area contributed by atoms with Crippen molar-refractivity contribution in [2.45, 2.75) is 6.92 Å². The third-order valence-corrected chi connectivity index (χ3v) is 5.68. The number of nitrogens with one attached hydrogen (secondary N) is 1. The maximum absolute atomic E-state index is 12.0. The molecule has 0 radical (unpaired) electrons. The second-order valence-electron chi connectivity index (χ2n) is 7.97. The average molecular weight is 435 g/mol. The van der Waals surface area contributed by atoms with Gasteiger partial charge in [0.05, 0.1) is 16.6 Å². The Morgan fingerprint density at radius 2 is 1.79 bits per heavy atom. The van der Waals surface area contributed by atoms with E-state index in [4.69, 9.17) is 5.73 Å². The van der Waals surface area contributed by atoms with Crippen LogP contribution in [0.4, 0.5) is 11.5 Å². The van der Waals surface area contributed by atoms with Gasteiger partial charge in [0.15, 0.2) is 0 Å². The zero-order chi connectivity index (χ0) is 23.1. The molecule has 0 aliphatic rings. The summed E-state index contributed by atoms with van der Waals surface area (Å²) in [5.41, 5.74) is 12.9. The highest BCUT2D eigenvalue weighted by Crippen LogP contribution is 2.42. The number of hydrogen-bond acceptors (Lipinski definition) is 5. The summed E-state index contributed by atoms with van der Waals surface area (Å²) < 4.78 is 2.01. The van der Waals surface area contributed by atoms with E-state index in [-0.39, 0.29) is 5.91 Å². The van der Waals surface area contributed by atoms with Gasteiger partial charge in [-0.05, 0) is 36.8 Å². The van der Waals surface area contributed by atoms with Crippen LogP contribution in [0.15, 0.2) is 79.3 Å². The lowest BCUT2D eigenvalue weighted by molar-refractivity contribution is -0.112. The molecule has 7 nitrogen and oxygen atoms in total. The number of hydrogen-bond donors (Lipinski definition) is 2. The molecule has 0 spiro atoms. The van der Waals surface area contributed by atoms with E-state index in [0.29, 0.717) is 17.1 Å². The van der Waals surface area contributed by atoms with Gasteiger partial charge in [-0.2, -0.15) is 0 Å². The minimum atomic E-state index is -0.210. The van der Waals surface area contributed by atoms with Crippen LogP contribution in [0.25, 0.3) is 44.3 Å². The number of carbonyl (C=O) groups is 1. The van der Waals surface area contributed by atoms with Crippen LogP contribution in [-0.2, 0) is 11.8 Å². The van der Waals surface area contributed by atoms with Crippen LogP contribution in [0.5, 0.6) is 0 Å². The molecule has 5 aromatic rings. The first-order valence-electron chi connectivity index (χ1n) is 10.5. The number of benzene rings is 2. The molecule has 0 aliphatic carbocycles. The fourth-order valence-electron chi connectivity index (χ4n) is 4.05. The lowest BCUT2D eigenvalue weighted by Crippen LogP contribution is -2.11. The number of nitrogens with two attached hydrogens (primary N) is 1. The van der Waals surface area contributed by atoms with E-state index in [2.05, 4.69) is 32.9 Å². The van der Waals surface area contributed by atoms with Crippen molar-refractivity contribution >= 4 is 39.3 Å². The van der Waals surface area contributed by atoms with Crippen molar-refractivity contribution in [3.63, 3.8) is 0 Å². The van der Waals surface area contributed by atoms with E-state index in [1.807, 2.05) is 66.3 Å². The van der Waals surface area contributed by atoms with Crippen LogP contribution < -0.4 is 11.1 Å². The Balaban J connectivity index is 1.72. The van der Waals surface area contributed by atoms with Crippen molar-refractivity contribution < 1.29 is 4.79 Å². The molecule has 0 bridgehead atoms. The molecule has 0 fully saturated rings. The molecule has 3 heterocycles. The predicted molar refractivity (Wildman–Crippen MR) is 133 cm³/mol. The number of pyridine rings is 1. The number of para-hydroxylation sites is 1. The highest BCUT2D eigenvalue weighted by atomic mass is 16.1. The second kappa shape index (κ2) is 7.87. The molecule has 2 aromatic carbocycles. The van der Waals surface area contributed by atoms with Gasteiger partial charge in [-0.25, -0.2) is 9.97 Å². The van der Waals surface area contributed by atoms with Crippen molar-refractivity contribution in [3.8, 4) is 22.4 Å². The molecule has 162 valence electrons. The van der Waals surface area contributed by atoms with Crippen LogP contribution >= 0.6 is 0 Å². The van der Waals surface area contributed by atoms with E-state index in [9.17, 15) is 4.79 Å². The highest BCUT2D eigenvalue weighted by Gasteiger charge is 2.22. The zero-order valence-corrected chi connectivity index (χ0v) is 18.3. The monoisotopic (exact) mass is 434 g/mol. The normalized spacial score (nSPS) is 11.1. The average Bonchev–Trinajstić information content (AvgIpc) is 3.13. The van der Waals surface area contributed by atoms with Gasteiger partial charge in [0.25, 0.3) is 5.91 Å². The van der Waals surface area contributed by atoms with E-state index >= 15 is 0 Å². The lowest BCUT2D eigenvalue weighted by Gasteiger charge is -2.11. The quantitative estimate of drug-likeness (QED) is 0.390. The van der Waals surface area contributed by atoms with Gasteiger partial charge in [-0.1, -0.05) is 36.9 Å². The van der Waals surface area contributed by atoms with Gasteiger partial charge >= 0.3 is 0 Å². The van der Waals surface area contributed by atoms with Gasteiger partial charge in [-0.15, -0.1) is 0 Å². The minimum Gasteiger partial charge on any atom is -0.383 e. The fourth-order valence-corrected chi connectivity index (χ4v) is 4.05. The molecule has 33 heavy (non-hydrogen) atoms. The van der Waals surface area contributed by atoms with Crippen molar-refractivity contribution in [2.24, 2.45) is 7.05 Å². The Kier molecular flexibility index (Phi) is 4.86. The number of rotatable bonds is 4. The Labute approximate surface area is 190 Å². The molecular formula is C26H22N6O. The molecule has 3 N–H and O–H groups in total. The van der Waals surface area contributed by atoms with E-state index in [1.54, 1.807) is 6.92 Å². The highest BCUT2D eigenvalue weighted by molar-refractivity contribution is 6.08. The summed E-state index contributed by atoms with van der Waals surface area (Å²) in [5, 5.41) is 4.66. The molecule has 3 aromatic heterocycles. The molecule has 0 saturated carbocycles. The molecule has 5 rings (SSSR count). The molecular weight excluding hydrogens is 412 g/mol. The van der Waals surface area contributed by atoms with Crippen molar-refractivity contribution in [3.05, 3.63) is 79.3 Å². The van der Waals surface area contributed by atoms with Gasteiger partial charge in [-0.3, -0.25) is 9.78 Å². The van der Waals surface area contributed by atoms with E-state index in [1.165, 1.54) is 6.33 Å². The number of nitrogen functional groups attached to an aromatic ring is 1. The first-order chi connectivity index (χ1) is 15.9. The Hall–Kier alpha value is -4.52. The molecule has 0 saturated heterocycles. The summed E-state index contributed by atoms with van der Waals surface area (Å²) in [6.07, 6.45) is 3.33. The van der Waals surface area contributed by atoms with Crippen molar-refractivity contribution in [1.82, 2.24) is 19.5 Å². The van der Waals surface area contributed by atoms with Gasteiger partial charge < -0.3 is 15.6 Å². The van der Waals surface area contributed by atoms with Gasteiger partial charge in [0, 0.05) is 41.0 Å². The Morgan fingerprint density at radius 3 is 2.55 bits per heavy atom. The number of carbonyl (C=O) groups excluding carboxylic acids is 1. The fraction of sp³-hybridized carbons (Fsp3) is 0.0769. The van der Waals surface area contributed by atoms with Crippen LogP contribution in [0, 0.1) is 0 Å². The number of anilines is 2. The second-order valence-corrected chi connectivity index (χ2v) is 7.97. The maximum Gasteiger partial charge on any atom is 0.250 e. The van der Waals surface area contributed by atoms with E-state index in [0.717, 1.165) is 44.3 Å². The van der Waals surface area contributed by atoms with Crippen LogP contribution in [0.2, 0.25) is 0 Å². The first kappa shape index (κ1) is 20.4. The minimum absolute atomic E-state index is 0.210. The van der Waals surface area contributed by atoms with Crippen LogP contribution in [0.1, 0.15) is 6.92 Å². The van der Waals surface area contributed by atoms with Crippen molar-refractivity contribution in [1.29, 1.82) is 0 Å². The van der Waals surface area contributed by atoms with Gasteiger partial charge in [0.2, 0.25) is 0 Å². The number of nitrogens with zero attached hydrogens (tertiary/aromatic N) is 4. The standard InChI is InChI=1S/C26H22N6O/c1-15(2)26(33)31-19-10-8-16(9-11-19)23-21(22-24(27)29-14-30-25(22)32(23)3)18-12-17-6-4-5-7-20(17)28-13-18/h4-14H,1H2,2-3H3,(H,31,33)(H2,27,29,30). The lowest BCUT2D eigenvalue weighted by atomic mass is 9.98. The summed E-state index contributed by atoms with van der Waals surface area (Å²) in [7, 11) is 1.96. The largest absolute Gasteiger partial charge is 0.383 e. The number of amides is 1. The molecule has 0 atom stereocenters. The molecule has 1 amide bonds. The molecule has 0 aliphatic heterocycles. The SMILES string of the molecule is C=C(C)C(=O)Nc1ccc(-c2c(-c3cnc4ccccc4c3)c3c(N)ncnc3n2C)cc1. The number of aromatic nitrogens is 4. The summed E-state index contributed by atoms with van der Waals surface area (Å²) in [6, 6.07) is 17.7. The summed E-state index contributed by atoms with van der Waals surface area (Å²) in [6.45, 7) is 5.36. The predicted octanol–water partition coefficient (Wildman–Crippen LogP) is 4.95. The first-order valence-corrected chi connectivity index (χ1v) is 10.5. The molecule has 0 unspecified atom stereocenters. The van der Waals surface area contributed by atoms with E-state index < -0.39 is 0 Å². The van der Waals surface area contributed by atoms with Gasteiger partial charge in [0.1, 0.15) is 17.8 Å². The summed E-state index contributed by atoms with van der Waals surface area (Å²) in [5.74, 6) is 0.202. The number of aryl methyl sites for hydroxylation is 1. The Bertz CT molecular complexity index is 1550. The summed E-state index contributed by atoms with van der Waals surface area (Å²) in [4.78, 5) is 25.4. The Morgan fingerprint density at radius 1 is 1.03 bits per heavy atom. The topological polar surface area (TPSA) is 98.7 Å². The maximum atomic E-state index is 12.0.